The smallest absolute Gasteiger partial charge is 0.306 e. The first-order valence-corrected chi connectivity index (χ1v) is 10.2. The lowest BCUT2D eigenvalue weighted by Gasteiger charge is -2.22. The fraction of sp³-hybridized carbons (Fsp3) is 0.583. The molecule has 1 rings (SSSR count). The summed E-state index contributed by atoms with van der Waals surface area (Å²) >= 11 is 0. The molecule has 1 aromatic rings. The summed E-state index contributed by atoms with van der Waals surface area (Å²) in [5.41, 5.74) is 0.448. The van der Waals surface area contributed by atoms with E-state index >= 15 is 0 Å². The molecule has 1 aromatic carbocycles. The van der Waals surface area contributed by atoms with Gasteiger partial charge < -0.3 is 9.47 Å². The van der Waals surface area contributed by atoms with Crippen LogP contribution in [0.3, 0.4) is 0 Å². The maximum atomic E-state index is 12.5. The largest absolute Gasteiger partial charge is 0.469 e. The molecule has 6 heteroatoms. The SMILES string of the molecule is COC(=O)CC(C)(C)CCC(=O)c1ccc(C(=O)CCC(C)(C)CC(=O)OC)cc1. The Labute approximate surface area is 179 Å². The molecule has 0 spiro atoms. The Kier molecular flexibility index (Phi) is 9.40. The number of carbonyl (C=O) groups is 4. The molecule has 0 fully saturated rings. The Balaban J connectivity index is 2.61. The normalized spacial score (nSPS) is 11.7. The quantitative estimate of drug-likeness (QED) is 0.358. The van der Waals surface area contributed by atoms with Crippen molar-refractivity contribution < 1.29 is 28.7 Å². The molecule has 0 heterocycles. The van der Waals surface area contributed by atoms with Crippen LogP contribution >= 0.6 is 0 Å². The molecule has 0 saturated heterocycles. The van der Waals surface area contributed by atoms with Gasteiger partial charge in [0.25, 0.3) is 0 Å². The van der Waals surface area contributed by atoms with E-state index in [-0.39, 0.29) is 47.2 Å². The summed E-state index contributed by atoms with van der Waals surface area (Å²) in [5.74, 6) is -0.618. The van der Waals surface area contributed by atoms with E-state index in [2.05, 4.69) is 0 Å². The Morgan fingerprint density at radius 3 is 1.23 bits per heavy atom. The molecule has 0 aliphatic carbocycles. The van der Waals surface area contributed by atoms with Crippen molar-refractivity contribution in [1.29, 1.82) is 0 Å². The van der Waals surface area contributed by atoms with E-state index in [0.29, 0.717) is 36.8 Å². The number of methoxy groups -OCH3 is 2. The first-order valence-electron chi connectivity index (χ1n) is 10.2. The van der Waals surface area contributed by atoms with Crippen LogP contribution < -0.4 is 0 Å². The van der Waals surface area contributed by atoms with E-state index in [1.165, 1.54) is 14.2 Å². The number of hydrogen-bond donors (Lipinski definition) is 0. The van der Waals surface area contributed by atoms with Gasteiger partial charge in [-0.05, 0) is 23.7 Å². The molecule has 0 bridgehead atoms. The average molecular weight is 419 g/mol. The number of hydrogen-bond acceptors (Lipinski definition) is 6. The highest BCUT2D eigenvalue weighted by Crippen LogP contribution is 2.29. The van der Waals surface area contributed by atoms with Gasteiger partial charge in [-0.3, -0.25) is 19.2 Å². The van der Waals surface area contributed by atoms with Gasteiger partial charge in [0.2, 0.25) is 0 Å². The molecular weight excluding hydrogens is 384 g/mol. The van der Waals surface area contributed by atoms with Crippen molar-refractivity contribution in [2.45, 2.75) is 66.2 Å². The van der Waals surface area contributed by atoms with Gasteiger partial charge in [0.15, 0.2) is 11.6 Å². The van der Waals surface area contributed by atoms with Crippen LogP contribution in [0.2, 0.25) is 0 Å². The number of ketones is 2. The van der Waals surface area contributed by atoms with Crippen molar-refractivity contribution >= 4 is 23.5 Å². The summed E-state index contributed by atoms with van der Waals surface area (Å²) in [6, 6.07) is 6.68. The van der Waals surface area contributed by atoms with Gasteiger partial charge in [-0.1, -0.05) is 52.0 Å². The van der Waals surface area contributed by atoms with Crippen molar-refractivity contribution in [2.24, 2.45) is 10.8 Å². The van der Waals surface area contributed by atoms with E-state index < -0.39 is 0 Å². The van der Waals surface area contributed by atoms with Crippen molar-refractivity contribution in [3.05, 3.63) is 35.4 Å². The van der Waals surface area contributed by atoms with Crippen molar-refractivity contribution in [2.75, 3.05) is 14.2 Å². The summed E-state index contributed by atoms with van der Waals surface area (Å²) in [6.07, 6.45) is 2.29. The zero-order valence-corrected chi connectivity index (χ0v) is 19.0. The zero-order valence-electron chi connectivity index (χ0n) is 19.0. The van der Waals surface area contributed by atoms with E-state index in [1.54, 1.807) is 24.3 Å². The average Bonchev–Trinajstić information content (AvgIpc) is 2.69. The molecule has 0 amide bonds. The molecule has 0 N–H and O–H groups in total. The van der Waals surface area contributed by atoms with Gasteiger partial charge in [0.1, 0.15) is 0 Å². The molecule has 30 heavy (non-hydrogen) atoms. The summed E-state index contributed by atoms with van der Waals surface area (Å²) < 4.78 is 9.40. The molecule has 0 aliphatic heterocycles. The standard InChI is InChI=1S/C24H34O6/c1-23(2,15-21(27)29-5)13-11-19(25)17-7-9-18(10-8-17)20(26)12-14-24(3,4)16-22(28)30-6/h7-10H,11-16H2,1-6H3. The maximum Gasteiger partial charge on any atom is 0.306 e. The highest BCUT2D eigenvalue weighted by atomic mass is 16.5. The Hall–Kier alpha value is -2.50. The number of benzene rings is 1. The second-order valence-electron chi connectivity index (χ2n) is 9.26. The lowest BCUT2D eigenvalue weighted by molar-refractivity contribution is -0.144. The molecule has 0 radical (unpaired) electrons. The Bertz CT molecular complexity index is 693. The summed E-state index contributed by atoms with van der Waals surface area (Å²) in [6.45, 7) is 7.72. The molecule has 0 aromatic heterocycles. The van der Waals surface area contributed by atoms with Gasteiger partial charge in [-0.2, -0.15) is 0 Å². The van der Waals surface area contributed by atoms with E-state index in [4.69, 9.17) is 9.47 Å². The second kappa shape index (κ2) is 11.0. The highest BCUT2D eigenvalue weighted by Gasteiger charge is 2.25. The number of carbonyl (C=O) groups excluding carboxylic acids is 4. The van der Waals surface area contributed by atoms with Crippen LogP contribution in [0, 0.1) is 10.8 Å². The molecule has 0 unspecified atom stereocenters. The van der Waals surface area contributed by atoms with Crippen molar-refractivity contribution in [3.63, 3.8) is 0 Å². The maximum absolute atomic E-state index is 12.5. The molecule has 0 atom stereocenters. The fourth-order valence-corrected chi connectivity index (χ4v) is 3.14. The lowest BCUT2D eigenvalue weighted by atomic mass is 9.82. The first kappa shape index (κ1) is 25.5. The van der Waals surface area contributed by atoms with Crippen LogP contribution in [0.15, 0.2) is 24.3 Å². The van der Waals surface area contributed by atoms with Crippen LogP contribution in [0.25, 0.3) is 0 Å². The summed E-state index contributed by atoms with van der Waals surface area (Å²) in [7, 11) is 2.71. The van der Waals surface area contributed by atoms with E-state index in [1.807, 2.05) is 27.7 Å². The van der Waals surface area contributed by atoms with Crippen molar-refractivity contribution in [3.8, 4) is 0 Å². The molecule has 0 saturated carbocycles. The topological polar surface area (TPSA) is 86.7 Å². The monoisotopic (exact) mass is 418 g/mol. The predicted octanol–water partition coefficient (Wildman–Crippen LogP) is 4.79. The molecule has 6 nitrogen and oxygen atoms in total. The number of esters is 2. The van der Waals surface area contributed by atoms with Gasteiger partial charge in [-0.15, -0.1) is 0 Å². The lowest BCUT2D eigenvalue weighted by Crippen LogP contribution is -2.19. The van der Waals surface area contributed by atoms with Crippen LogP contribution in [0.4, 0.5) is 0 Å². The van der Waals surface area contributed by atoms with Crippen LogP contribution in [0.5, 0.6) is 0 Å². The predicted molar refractivity (Wildman–Crippen MR) is 114 cm³/mol. The van der Waals surface area contributed by atoms with Crippen LogP contribution in [0.1, 0.15) is 86.9 Å². The zero-order chi connectivity index (χ0) is 22.9. The minimum atomic E-state index is -0.324. The first-order chi connectivity index (χ1) is 13.9. The van der Waals surface area contributed by atoms with Gasteiger partial charge in [-0.25, -0.2) is 0 Å². The minimum absolute atomic E-state index is 0.0221. The van der Waals surface area contributed by atoms with Gasteiger partial charge in [0, 0.05) is 24.0 Å². The number of rotatable bonds is 12. The number of ether oxygens (including phenoxy) is 2. The minimum Gasteiger partial charge on any atom is -0.469 e. The van der Waals surface area contributed by atoms with Gasteiger partial charge in [0.05, 0.1) is 27.1 Å². The second-order valence-corrected chi connectivity index (χ2v) is 9.26. The van der Waals surface area contributed by atoms with E-state index in [0.717, 1.165) is 0 Å². The molecule has 166 valence electrons. The summed E-state index contributed by atoms with van der Waals surface area (Å²) in [4.78, 5) is 47.9. The fourth-order valence-electron chi connectivity index (χ4n) is 3.14. The third-order valence-corrected chi connectivity index (χ3v) is 5.29. The summed E-state index contributed by atoms with van der Waals surface area (Å²) in [5, 5.41) is 0. The Morgan fingerprint density at radius 1 is 0.667 bits per heavy atom. The molecular formula is C24H34O6. The highest BCUT2D eigenvalue weighted by molar-refractivity contribution is 5.99. The van der Waals surface area contributed by atoms with Crippen LogP contribution in [-0.2, 0) is 19.1 Å². The van der Waals surface area contributed by atoms with Crippen LogP contribution in [-0.4, -0.2) is 37.7 Å². The van der Waals surface area contributed by atoms with Gasteiger partial charge >= 0.3 is 11.9 Å². The third kappa shape index (κ3) is 8.89. The van der Waals surface area contributed by atoms with E-state index in [9.17, 15) is 19.2 Å². The number of Topliss-reactive ketones (excluding diaryl/α,β-unsaturated/α-hetero) is 2. The Morgan fingerprint density at radius 2 is 0.967 bits per heavy atom. The van der Waals surface area contributed by atoms with Crippen molar-refractivity contribution in [1.82, 2.24) is 0 Å². The third-order valence-electron chi connectivity index (χ3n) is 5.29. The molecule has 0 aliphatic rings.